The van der Waals surface area contributed by atoms with Crippen molar-refractivity contribution in [1.29, 1.82) is 0 Å². The number of ether oxygens (including phenoxy) is 2. The summed E-state index contributed by atoms with van der Waals surface area (Å²) >= 11 is 1.86. The summed E-state index contributed by atoms with van der Waals surface area (Å²) < 4.78 is 10.1. The summed E-state index contributed by atoms with van der Waals surface area (Å²) in [4.78, 5) is 101. The second-order valence-electron chi connectivity index (χ2n) is 16.7. The van der Waals surface area contributed by atoms with Crippen LogP contribution in [-0.2, 0) is 49.5 Å². The summed E-state index contributed by atoms with van der Waals surface area (Å²) in [6.07, 6.45) is 4.53. The van der Waals surface area contributed by atoms with E-state index in [1.165, 1.54) is 12.1 Å². The van der Waals surface area contributed by atoms with Crippen LogP contribution in [0, 0.1) is 5.92 Å². The van der Waals surface area contributed by atoms with Crippen molar-refractivity contribution in [1.82, 2.24) is 37.2 Å². The number of urea groups is 1. The highest BCUT2D eigenvalue weighted by Crippen LogP contribution is 2.33. The number of rotatable bonds is 29. The zero-order valence-electron chi connectivity index (χ0n) is 36.5. The second kappa shape index (κ2) is 25.9. The molecular formula is C43H66N8O11S. The largest absolute Gasteiger partial charge is 0.508 e. The van der Waals surface area contributed by atoms with Crippen LogP contribution in [0.25, 0.3) is 0 Å². The van der Waals surface area contributed by atoms with E-state index in [9.17, 15) is 43.5 Å². The molecule has 3 aliphatic rings. The van der Waals surface area contributed by atoms with Crippen LogP contribution in [-0.4, -0.2) is 126 Å². The number of phenols is 1. The summed E-state index contributed by atoms with van der Waals surface area (Å²) in [6.45, 7) is 6.22. The molecule has 350 valence electrons. The number of benzene rings is 1. The van der Waals surface area contributed by atoms with Crippen LogP contribution in [0.5, 0.6) is 5.75 Å². The van der Waals surface area contributed by atoms with Gasteiger partial charge in [-0.2, -0.15) is 11.8 Å². The van der Waals surface area contributed by atoms with Crippen molar-refractivity contribution in [3.05, 3.63) is 29.8 Å². The number of epoxide rings is 1. The van der Waals surface area contributed by atoms with Crippen LogP contribution in [0.15, 0.2) is 24.3 Å². The Kier molecular flexibility index (Phi) is 20.7. The number of primary amides is 1. The Morgan fingerprint density at radius 1 is 0.825 bits per heavy atom. The van der Waals surface area contributed by atoms with E-state index < -0.39 is 59.9 Å². The predicted octanol–water partition coefficient (Wildman–Crippen LogP) is 0.940. The molecular weight excluding hydrogens is 837 g/mol. The van der Waals surface area contributed by atoms with Gasteiger partial charge in [0.2, 0.25) is 29.5 Å². The van der Waals surface area contributed by atoms with Crippen LogP contribution in [0.2, 0.25) is 0 Å². The van der Waals surface area contributed by atoms with Gasteiger partial charge >= 0.3 is 12.0 Å². The predicted molar refractivity (Wildman–Crippen MR) is 234 cm³/mol. The minimum Gasteiger partial charge on any atom is -0.508 e. The highest BCUT2D eigenvalue weighted by Gasteiger charge is 2.52. The second-order valence-corrected chi connectivity index (χ2v) is 18.0. The van der Waals surface area contributed by atoms with Crippen molar-refractivity contribution in [3.8, 4) is 5.75 Å². The molecule has 0 radical (unpaired) electrons. The summed E-state index contributed by atoms with van der Waals surface area (Å²) in [5.74, 6) is -2.41. The maximum atomic E-state index is 13.6. The summed E-state index contributed by atoms with van der Waals surface area (Å²) in [6, 6.07) is 3.57. The quantitative estimate of drug-likeness (QED) is 0.0235. The van der Waals surface area contributed by atoms with E-state index >= 15 is 0 Å². The van der Waals surface area contributed by atoms with Crippen LogP contribution >= 0.6 is 11.8 Å². The molecule has 0 aromatic heterocycles. The molecule has 3 aliphatic heterocycles. The number of unbranched alkanes of at least 4 members (excludes halogenated alkanes) is 4. The minimum absolute atomic E-state index is 0.0131. The van der Waals surface area contributed by atoms with Crippen LogP contribution in [0.1, 0.15) is 103 Å². The maximum absolute atomic E-state index is 13.6. The standard InChI is InChI=1S/C43H66N8O11S/c1-4-61-42(59)37-36(62-37)41(58)49-29(22-25(2)3)40(57)48-30(23-26-16-18-27(52)19-17-26)39(56)46-21-10-5-6-15-34(54)47-28(38(44)55)12-9-11-20-45-33(53)14-8-7-13-32-35-31(24-63-32)50-43(60)51-35/h16-19,25,28-32,35-37,52H,4-15,20-24H2,1-3H3,(H2,44,55)(H,45,53)(H,46,56)(H,47,54)(H,48,57)(H,49,58)(H2,50,51,60)/t28-,29-,30+,31-,32-,35+,36-,37+/m0/s1. The lowest BCUT2D eigenvalue weighted by Gasteiger charge is -2.24. The molecule has 4 rings (SSSR count). The fraction of sp³-hybridized carbons (Fsp3) is 0.674. The number of amides is 8. The molecule has 0 unspecified atom stereocenters. The first-order valence-electron chi connectivity index (χ1n) is 22.2. The number of nitrogens with two attached hydrogens (primary N) is 1. The number of hydrogen-bond donors (Lipinski definition) is 9. The van der Waals surface area contributed by atoms with Gasteiger partial charge in [0.15, 0.2) is 12.2 Å². The number of fused-ring (bicyclic) bond motifs is 1. The average molecular weight is 903 g/mol. The summed E-state index contributed by atoms with van der Waals surface area (Å²) in [5, 5.41) is 29.9. The molecule has 3 heterocycles. The Hall–Kier alpha value is -5.11. The third kappa shape index (κ3) is 17.5. The van der Waals surface area contributed by atoms with E-state index in [4.69, 9.17) is 15.2 Å². The van der Waals surface area contributed by atoms with Crippen molar-refractivity contribution in [2.45, 2.75) is 152 Å². The first-order chi connectivity index (χ1) is 30.1. The van der Waals surface area contributed by atoms with Gasteiger partial charge in [-0.1, -0.05) is 38.8 Å². The van der Waals surface area contributed by atoms with Crippen LogP contribution < -0.4 is 43.0 Å². The molecule has 0 saturated carbocycles. The van der Waals surface area contributed by atoms with Gasteiger partial charge in [0, 0.05) is 43.4 Å². The Balaban J connectivity index is 1.12. The Morgan fingerprint density at radius 3 is 2.24 bits per heavy atom. The molecule has 10 N–H and O–H groups in total. The molecule has 0 spiro atoms. The maximum Gasteiger partial charge on any atom is 0.338 e. The van der Waals surface area contributed by atoms with Gasteiger partial charge in [-0.15, -0.1) is 0 Å². The van der Waals surface area contributed by atoms with Crippen LogP contribution in [0.3, 0.4) is 0 Å². The SMILES string of the molecule is CCOC(=O)[C@@H]1O[C@@H]1C(=O)N[C@@H](CC(C)C)C(=O)N[C@H](Cc1ccc(O)cc1)C(=O)NCCCCCC(=O)N[C@@H](CCCCNC(=O)CCCC[C@@H]1SC[C@@H]2NC(=O)N[C@H]21)C(N)=O. The first kappa shape index (κ1) is 50.5. The number of esters is 1. The number of phenolic OH excluding ortho intramolecular Hbond substituents is 1. The Labute approximate surface area is 373 Å². The lowest BCUT2D eigenvalue weighted by Crippen LogP contribution is -2.55. The average Bonchev–Trinajstić information content (AvgIpc) is 3.84. The zero-order chi connectivity index (χ0) is 45.9. The van der Waals surface area contributed by atoms with Gasteiger partial charge in [0.05, 0.1) is 18.7 Å². The highest BCUT2D eigenvalue weighted by atomic mass is 32.2. The molecule has 0 aliphatic carbocycles. The van der Waals surface area contributed by atoms with E-state index in [2.05, 4.69) is 37.2 Å². The third-order valence-electron chi connectivity index (χ3n) is 11.0. The van der Waals surface area contributed by atoms with Gasteiger partial charge in [0.1, 0.15) is 23.9 Å². The lowest BCUT2D eigenvalue weighted by atomic mass is 10.0. The molecule has 19 nitrogen and oxygen atoms in total. The Bertz CT molecular complexity index is 1730. The number of hydrogen-bond acceptors (Lipinski definition) is 12. The van der Waals surface area contributed by atoms with Crippen molar-refractivity contribution in [3.63, 3.8) is 0 Å². The summed E-state index contributed by atoms with van der Waals surface area (Å²) in [5.41, 5.74) is 6.23. The molecule has 3 fully saturated rings. The molecule has 20 heteroatoms. The molecule has 3 saturated heterocycles. The Morgan fingerprint density at radius 2 is 1.52 bits per heavy atom. The van der Waals surface area contributed by atoms with Crippen molar-refractivity contribution < 1.29 is 52.9 Å². The van der Waals surface area contributed by atoms with E-state index in [0.29, 0.717) is 62.3 Å². The number of carbonyl (C=O) groups is 8. The molecule has 1 aromatic rings. The molecule has 1 aromatic carbocycles. The van der Waals surface area contributed by atoms with E-state index in [0.717, 1.165) is 25.0 Å². The highest BCUT2D eigenvalue weighted by molar-refractivity contribution is 8.00. The van der Waals surface area contributed by atoms with Crippen LogP contribution in [0.4, 0.5) is 4.79 Å². The van der Waals surface area contributed by atoms with Gasteiger partial charge < -0.3 is 57.5 Å². The molecule has 8 atom stereocenters. The van der Waals surface area contributed by atoms with Gasteiger partial charge in [-0.3, -0.25) is 28.8 Å². The number of aromatic hydroxyl groups is 1. The fourth-order valence-electron chi connectivity index (χ4n) is 7.56. The topological polar surface area (TPSA) is 289 Å². The summed E-state index contributed by atoms with van der Waals surface area (Å²) in [7, 11) is 0. The van der Waals surface area contributed by atoms with E-state index in [1.807, 2.05) is 25.6 Å². The minimum atomic E-state index is -1.07. The number of carbonyl (C=O) groups excluding carboxylic acids is 8. The zero-order valence-corrected chi connectivity index (χ0v) is 37.4. The third-order valence-corrected chi connectivity index (χ3v) is 12.5. The van der Waals surface area contributed by atoms with E-state index in [-0.39, 0.29) is 74.0 Å². The smallest absolute Gasteiger partial charge is 0.338 e. The first-order valence-corrected chi connectivity index (χ1v) is 23.2. The molecule has 63 heavy (non-hydrogen) atoms. The van der Waals surface area contributed by atoms with Crippen molar-refractivity contribution in [2.24, 2.45) is 11.7 Å². The van der Waals surface area contributed by atoms with Gasteiger partial charge in [-0.25, -0.2) is 9.59 Å². The van der Waals surface area contributed by atoms with Gasteiger partial charge in [-0.05, 0) is 81.9 Å². The monoisotopic (exact) mass is 902 g/mol. The molecule has 8 amide bonds. The number of thioether (sulfide) groups is 1. The fourth-order valence-corrected chi connectivity index (χ4v) is 9.10. The van der Waals surface area contributed by atoms with Crippen molar-refractivity contribution >= 4 is 59.2 Å². The van der Waals surface area contributed by atoms with Gasteiger partial charge in [0.25, 0.3) is 5.91 Å². The molecule has 0 bridgehead atoms. The number of nitrogens with one attached hydrogen (secondary N) is 7. The lowest BCUT2D eigenvalue weighted by molar-refractivity contribution is -0.144. The normalized spacial score (nSPS) is 21.1. The van der Waals surface area contributed by atoms with Crippen molar-refractivity contribution in [2.75, 3.05) is 25.4 Å². The van der Waals surface area contributed by atoms with E-state index in [1.54, 1.807) is 19.1 Å².